The van der Waals surface area contributed by atoms with Crippen LogP contribution in [0.5, 0.6) is 0 Å². The van der Waals surface area contributed by atoms with Crippen LogP contribution in [0.2, 0.25) is 0 Å². The Balaban J connectivity index is 1.17. The monoisotopic (exact) mass is 798 g/mol. The molecule has 0 spiro atoms. The molecule has 0 radical (unpaired) electrons. The lowest BCUT2D eigenvalue weighted by molar-refractivity contribution is 1.29. The fourth-order valence-electron chi connectivity index (χ4n) is 8.98. The fraction of sp³-hybridized carbons (Fsp3) is 0.0345. The molecule has 0 N–H and O–H groups in total. The van der Waals surface area contributed by atoms with E-state index in [1.807, 2.05) is 11.3 Å². The number of anilines is 6. The summed E-state index contributed by atoms with van der Waals surface area (Å²) >= 11 is 1.89. The lowest BCUT2D eigenvalue weighted by atomic mass is 9.96. The van der Waals surface area contributed by atoms with Crippen LogP contribution in [0.1, 0.15) is 11.1 Å². The molecule has 0 saturated carbocycles. The van der Waals surface area contributed by atoms with Crippen molar-refractivity contribution in [3.63, 3.8) is 0 Å². The minimum atomic E-state index is 1.12. The van der Waals surface area contributed by atoms with Gasteiger partial charge in [0.05, 0.1) is 11.4 Å². The molecule has 0 bridgehead atoms. The molecule has 3 heteroatoms. The van der Waals surface area contributed by atoms with Crippen LogP contribution in [0.15, 0.2) is 218 Å². The van der Waals surface area contributed by atoms with Gasteiger partial charge in [-0.15, -0.1) is 11.3 Å². The lowest BCUT2D eigenvalue weighted by Crippen LogP contribution is -2.11. The summed E-state index contributed by atoms with van der Waals surface area (Å²) in [7, 11) is 0. The third-order valence-electron chi connectivity index (χ3n) is 11.9. The summed E-state index contributed by atoms with van der Waals surface area (Å²) in [4.78, 5) is 4.89. The quantitative estimate of drug-likeness (QED) is 0.151. The Morgan fingerprint density at radius 1 is 0.295 bits per heavy atom. The van der Waals surface area contributed by atoms with Gasteiger partial charge in [0, 0.05) is 53.7 Å². The molecular formula is C58H42N2S. The van der Waals surface area contributed by atoms with Gasteiger partial charge in [0.2, 0.25) is 0 Å². The van der Waals surface area contributed by atoms with E-state index < -0.39 is 0 Å². The van der Waals surface area contributed by atoms with Gasteiger partial charge in [0.25, 0.3) is 0 Å². The number of thiophene rings is 1. The molecule has 11 rings (SSSR count). The summed E-state index contributed by atoms with van der Waals surface area (Å²) in [6.45, 7) is 4.31. The first-order valence-corrected chi connectivity index (χ1v) is 21.7. The number of aryl methyl sites for hydroxylation is 2. The first-order chi connectivity index (χ1) is 30.1. The van der Waals surface area contributed by atoms with Crippen molar-refractivity contribution in [1.29, 1.82) is 0 Å². The van der Waals surface area contributed by atoms with E-state index in [1.165, 1.54) is 75.1 Å². The third-order valence-corrected chi connectivity index (χ3v) is 13.0. The molecule has 0 amide bonds. The topological polar surface area (TPSA) is 6.48 Å². The van der Waals surface area contributed by atoms with Crippen molar-refractivity contribution in [3.8, 4) is 22.3 Å². The zero-order chi connectivity index (χ0) is 40.9. The maximum atomic E-state index is 2.44. The van der Waals surface area contributed by atoms with E-state index in [-0.39, 0.29) is 0 Å². The number of fused-ring (bicyclic) bond motifs is 7. The van der Waals surface area contributed by atoms with E-state index in [9.17, 15) is 0 Å². The van der Waals surface area contributed by atoms with Crippen LogP contribution in [0.4, 0.5) is 34.1 Å². The summed E-state index contributed by atoms with van der Waals surface area (Å²) in [5, 5.41) is 7.54. The number of rotatable bonds is 8. The molecule has 11 aromatic rings. The molecule has 0 aliphatic heterocycles. The van der Waals surface area contributed by atoms with Crippen LogP contribution < -0.4 is 9.80 Å². The first kappa shape index (κ1) is 36.6. The van der Waals surface area contributed by atoms with Gasteiger partial charge in [-0.25, -0.2) is 0 Å². The van der Waals surface area contributed by atoms with E-state index >= 15 is 0 Å². The molecule has 0 atom stereocenters. The maximum Gasteiger partial charge on any atom is 0.0554 e. The zero-order valence-electron chi connectivity index (χ0n) is 34.1. The molecule has 0 fully saturated rings. The minimum Gasteiger partial charge on any atom is -0.310 e. The number of benzene rings is 10. The summed E-state index contributed by atoms with van der Waals surface area (Å²) in [6.07, 6.45) is 0. The van der Waals surface area contributed by atoms with E-state index in [0.717, 1.165) is 34.1 Å². The summed E-state index contributed by atoms with van der Waals surface area (Å²) < 4.78 is 2.52. The van der Waals surface area contributed by atoms with Gasteiger partial charge in [0.15, 0.2) is 0 Å². The Morgan fingerprint density at radius 2 is 0.656 bits per heavy atom. The number of hydrogen-bond donors (Lipinski definition) is 0. The molecule has 0 aliphatic carbocycles. The van der Waals surface area contributed by atoms with Gasteiger partial charge < -0.3 is 9.80 Å². The Kier molecular flexibility index (Phi) is 9.18. The second-order valence-corrected chi connectivity index (χ2v) is 17.0. The molecule has 1 heterocycles. The molecule has 290 valence electrons. The smallest absolute Gasteiger partial charge is 0.0554 e. The van der Waals surface area contributed by atoms with Crippen LogP contribution in [0.25, 0.3) is 64.0 Å². The Hall–Kier alpha value is -7.46. The minimum absolute atomic E-state index is 1.12. The van der Waals surface area contributed by atoms with Crippen LogP contribution in [-0.4, -0.2) is 0 Å². The average molecular weight is 799 g/mol. The van der Waals surface area contributed by atoms with Crippen molar-refractivity contribution in [1.82, 2.24) is 0 Å². The summed E-state index contributed by atoms with van der Waals surface area (Å²) in [5.74, 6) is 0. The Bertz CT molecular complexity index is 3140. The molecule has 61 heavy (non-hydrogen) atoms. The highest BCUT2D eigenvalue weighted by Gasteiger charge is 2.24. The standard InChI is InChI=1S/C58H42N2S/c1-39-27-31-45(32-28-39)59(47-21-13-19-43(35-47)41-15-5-3-6-16-41)53-37-55-57(51-25-11-9-23-49(51)53)58-52-26-12-10-24-50(52)54(38-56(58)61-55)60(46-33-29-40(2)30-34-46)48-22-14-20-44(36-48)42-17-7-4-8-18-42/h3-38H,1-2H3. The van der Waals surface area contributed by atoms with Crippen LogP contribution >= 0.6 is 11.3 Å². The largest absolute Gasteiger partial charge is 0.310 e. The predicted octanol–water partition coefficient (Wildman–Crippen LogP) is 17.3. The van der Waals surface area contributed by atoms with Crippen molar-refractivity contribution in [2.75, 3.05) is 9.80 Å². The van der Waals surface area contributed by atoms with Crippen LogP contribution in [0.3, 0.4) is 0 Å². The highest BCUT2D eigenvalue weighted by Crippen LogP contribution is 2.51. The van der Waals surface area contributed by atoms with E-state index in [1.54, 1.807) is 0 Å². The van der Waals surface area contributed by atoms with E-state index in [2.05, 4.69) is 242 Å². The van der Waals surface area contributed by atoms with Crippen LogP contribution in [-0.2, 0) is 0 Å². The van der Waals surface area contributed by atoms with Gasteiger partial charge in [-0.3, -0.25) is 0 Å². The highest BCUT2D eigenvalue weighted by molar-refractivity contribution is 7.26. The van der Waals surface area contributed by atoms with Gasteiger partial charge in [-0.05, 0) is 108 Å². The average Bonchev–Trinajstić information content (AvgIpc) is 3.70. The molecule has 2 nitrogen and oxygen atoms in total. The van der Waals surface area contributed by atoms with Gasteiger partial charge >= 0.3 is 0 Å². The van der Waals surface area contributed by atoms with Crippen molar-refractivity contribution in [3.05, 3.63) is 230 Å². The van der Waals surface area contributed by atoms with Crippen molar-refractivity contribution < 1.29 is 0 Å². The molecule has 10 aromatic carbocycles. The Labute approximate surface area is 360 Å². The molecule has 0 saturated heterocycles. The Morgan fingerprint density at radius 3 is 1.07 bits per heavy atom. The van der Waals surface area contributed by atoms with E-state index in [4.69, 9.17) is 0 Å². The fourth-order valence-corrected chi connectivity index (χ4v) is 10.2. The summed E-state index contributed by atoms with van der Waals surface area (Å²) in [6, 6.07) is 80.0. The molecule has 1 aromatic heterocycles. The van der Waals surface area contributed by atoms with Gasteiger partial charge in [-0.2, -0.15) is 0 Å². The molecule has 0 unspecified atom stereocenters. The zero-order valence-corrected chi connectivity index (χ0v) is 34.9. The second-order valence-electron chi connectivity index (χ2n) is 15.9. The van der Waals surface area contributed by atoms with Crippen LogP contribution in [0, 0.1) is 13.8 Å². The van der Waals surface area contributed by atoms with Crippen molar-refractivity contribution in [2.24, 2.45) is 0 Å². The number of nitrogens with zero attached hydrogens (tertiary/aromatic N) is 2. The lowest BCUT2D eigenvalue weighted by Gasteiger charge is -2.28. The van der Waals surface area contributed by atoms with Gasteiger partial charge in [0.1, 0.15) is 0 Å². The first-order valence-electron chi connectivity index (χ1n) is 20.9. The van der Waals surface area contributed by atoms with Crippen molar-refractivity contribution >= 4 is 87.2 Å². The maximum absolute atomic E-state index is 2.44. The predicted molar refractivity (Wildman–Crippen MR) is 264 cm³/mol. The summed E-state index contributed by atoms with van der Waals surface area (Å²) in [5.41, 5.74) is 14.1. The normalized spacial score (nSPS) is 11.4. The van der Waals surface area contributed by atoms with E-state index in [0.29, 0.717) is 0 Å². The third kappa shape index (κ3) is 6.61. The highest BCUT2D eigenvalue weighted by atomic mass is 32.1. The molecule has 0 aliphatic rings. The number of hydrogen-bond acceptors (Lipinski definition) is 3. The van der Waals surface area contributed by atoms with Crippen molar-refractivity contribution in [2.45, 2.75) is 13.8 Å². The second kappa shape index (κ2) is 15.3. The van der Waals surface area contributed by atoms with Gasteiger partial charge in [-0.1, -0.05) is 169 Å². The SMILES string of the molecule is Cc1ccc(N(c2cccc(-c3ccccc3)c2)c2cc3sc4cc(N(c5ccc(C)cc5)c5cccc(-c6ccccc6)c5)c5ccccc5c4c3c3ccccc23)cc1. The molecular weight excluding hydrogens is 757 g/mol.